The highest BCUT2D eigenvalue weighted by Crippen LogP contribution is 2.44. The number of aromatic nitrogens is 1. The molecule has 64 heavy (non-hydrogen) atoms. The summed E-state index contributed by atoms with van der Waals surface area (Å²) in [4.78, 5) is 2.39. The van der Waals surface area contributed by atoms with Crippen molar-refractivity contribution in [3.05, 3.63) is 255 Å². The summed E-state index contributed by atoms with van der Waals surface area (Å²) in [6.07, 6.45) is 0. The van der Waals surface area contributed by atoms with Gasteiger partial charge < -0.3 is 9.47 Å². The predicted molar refractivity (Wildman–Crippen MR) is 272 cm³/mol. The molecular formula is C62H42N2. The van der Waals surface area contributed by atoms with Crippen molar-refractivity contribution < 1.29 is 0 Å². The third kappa shape index (κ3) is 6.61. The fraction of sp³-hybridized carbons (Fsp3) is 0. The first-order valence-corrected chi connectivity index (χ1v) is 22.0. The van der Waals surface area contributed by atoms with Gasteiger partial charge in [0.15, 0.2) is 0 Å². The van der Waals surface area contributed by atoms with Crippen LogP contribution in [0.3, 0.4) is 0 Å². The van der Waals surface area contributed by atoms with E-state index >= 15 is 0 Å². The van der Waals surface area contributed by atoms with Crippen LogP contribution in [-0.2, 0) is 0 Å². The molecule has 0 aliphatic rings. The smallest absolute Gasteiger partial charge is 0.0547 e. The molecule has 0 aliphatic carbocycles. The topological polar surface area (TPSA) is 8.17 Å². The van der Waals surface area contributed by atoms with Gasteiger partial charge in [-0.1, -0.05) is 182 Å². The van der Waals surface area contributed by atoms with Crippen LogP contribution in [0.25, 0.3) is 93.5 Å². The van der Waals surface area contributed by atoms with Crippen molar-refractivity contribution in [3.63, 3.8) is 0 Å². The number of nitrogens with zero attached hydrogens (tertiary/aromatic N) is 2. The number of para-hydroxylation sites is 1. The Hall–Kier alpha value is -8.46. The van der Waals surface area contributed by atoms with Gasteiger partial charge in [0, 0.05) is 33.5 Å². The first kappa shape index (κ1) is 37.3. The van der Waals surface area contributed by atoms with E-state index in [9.17, 15) is 0 Å². The average molecular weight is 815 g/mol. The summed E-state index contributed by atoms with van der Waals surface area (Å²) in [6.45, 7) is 0. The molecule has 0 aliphatic heterocycles. The number of fused-ring (bicyclic) bond motifs is 6. The van der Waals surface area contributed by atoms with Gasteiger partial charge in [0.25, 0.3) is 0 Å². The Morgan fingerprint density at radius 2 is 0.781 bits per heavy atom. The van der Waals surface area contributed by atoms with Crippen LogP contribution >= 0.6 is 0 Å². The Balaban J connectivity index is 1.00. The molecule has 2 nitrogen and oxygen atoms in total. The summed E-state index contributed by atoms with van der Waals surface area (Å²) >= 11 is 0. The zero-order chi connectivity index (χ0) is 42.4. The second kappa shape index (κ2) is 15.8. The standard InChI is InChI=1S/C62H42N2/c1-3-14-43(15-4-1)49-19-11-20-50(40-49)45-30-35-54(36-31-45)63(55-37-32-46(33-38-55)51-29-28-44-16-7-8-18-48(44)41-51)56-24-12-21-52(42-56)58-26-13-27-59-62(58)61-57-25-10-9-17-47(57)34-39-60(61)64(59)53-22-5-2-6-23-53/h1-42H. The highest BCUT2D eigenvalue weighted by molar-refractivity contribution is 6.25. The molecule has 1 heterocycles. The van der Waals surface area contributed by atoms with E-state index < -0.39 is 0 Å². The first-order chi connectivity index (χ1) is 31.7. The summed E-state index contributed by atoms with van der Waals surface area (Å²) in [6, 6.07) is 92.7. The van der Waals surface area contributed by atoms with E-state index in [1.165, 1.54) is 82.3 Å². The Morgan fingerprint density at radius 1 is 0.266 bits per heavy atom. The number of hydrogen-bond donors (Lipinski definition) is 0. The van der Waals surface area contributed by atoms with Crippen molar-refractivity contribution in [3.8, 4) is 50.2 Å². The summed E-state index contributed by atoms with van der Waals surface area (Å²) in [5, 5.41) is 7.50. The molecule has 0 saturated carbocycles. The van der Waals surface area contributed by atoms with Crippen molar-refractivity contribution in [2.24, 2.45) is 0 Å². The lowest BCUT2D eigenvalue weighted by Gasteiger charge is -2.26. The molecule has 300 valence electrons. The van der Waals surface area contributed by atoms with Gasteiger partial charge in [0.05, 0.1) is 11.0 Å². The molecule has 0 fully saturated rings. The number of benzene rings is 11. The van der Waals surface area contributed by atoms with Gasteiger partial charge in [-0.15, -0.1) is 0 Å². The van der Waals surface area contributed by atoms with Gasteiger partial charge in [-0.05, 0) is 139 Å². The summed E-state index contributed by atoms with van der Waals surface area (Å²) in [5.41, 5.74) is 16.4. The number of anilines is 3. The fourth-order valence-corrected chi connectivity index (χ4v) is 9.67. The van der Waals surface area contributed by atoms with Gasteiger partial charge in [-0.2, -0.15) is 0 Å². The summed E-state index contributed by atoms with van der Waals surface area (Å²) in [5.74, 6) is 0. The van der Waals surface area contributed by atoms with Crippen molar-refractivity contribution in [2.45, 2.75) is 0 Å². The minimum atomic E-state index is 1.09. The molecule has 12 rings (SSSR count). The van der Waals surface area contributed by atoms with E-state index in [-0.39, 0.29) is 0 Å². The highest BCUT2D eigenvalue weighted by Gasteiger charge is 2.20. The van der Waals surface area contributed by atoms with Crippen LogP contribution in [0.1, 0.15) is 0 Å². The maximum atomic E-state index is 2.42. The second-order valence-electron chi connectivity index (χ2n) is 16.5. The lowest BCUT2D eigenvalue weighted by molar-refractivity contribution is 1.18. The normalized spacial score (nSPS) is 11.4. The first-order valence-electron chi connectivity index (χ1n) is 22.0. The molecule has 0 amide bonds. The van der Waals surface area contributed by atoms with Crippen molar-refractivity contribution in [1.82, 2.24) is 4.57 Å². The molecule has 12 aromatic rings. The molecule has 0 atom stereocenters. The zero-order valence-electron chi connectivity index (χ0n) is 35.1. The van der Waals surface area contributed by atoms with E-state index in [2.05, 4.69) is 264 Å². The van der Waals surface area contributed by atoms with Crippen LogP contribution in [0, 0.1) is 0 Å². The van der Waals surface area contributed by atoms with Crippen LogP contribution in [0.5, 0.6) is 0 Å². The Bertz CT molecular complexity index is 3640. The minimum absolute atomic E-state index is 1.09. The van der Waals surface area contributed by atoms with E-state index in [4.69, 9.17) is 0 Å². The Labute approximate surface area is 373 Å². The fourth-order valence-electron chi connectivity index (χ4n) is 9.67. The maximum Gasteiger partial charge on any atom is 0.0547 e. The van der Waals surface area contributed by atoms with Gasteiger partial charge in [0.1, 0.15) is 0 Å². The van der Waals surface area contributed by atoms with Crippen LogP contribution in [0.4, 0.5) is 17.1 Å². The van der Waals surface area contributed by atoms with Crippen LogP contribution in [0.2, 0.25) is 0 Å². The van der Waals surface area contributed by atoms with Crippen molar-refractivity contribution in [1.29, 1.82) is 0 Å². The van der Waals surface area contributed by atoms with E-state index in [0.29, 0.717) is 0 Å². The zero-order valence-corrected chi connectivity index (χ0v) is 35.1. The van der Waals surface area contributed by atoms with Gasteiger partial charge in [-0.3, -0.25) is 0 Å². The minimum Gasteiger partial charge on any atom is -0.310 e. The molecule has 1 aromatic heterocycles. The van der Waals surface area contributed by atoms with E-state index in [1.54, 1.807) is 0 Å². The molecule has 2 heteroatoms. The third-order valence-electron chi connectivity index (χ3n) is 12.7. The lowest BCUT2D eigenvalue weighted by Crippen LogP contribution is -2.10. The largest absolute Gasteiger partial charge is 0.310 e. The van der Waals surface area contributed by atoms with Gasteiger partial charge in [0.2, 0.25) is 0 Å². The molecule has 0 spiro atoms. The van der Waals surface area contributed by atoms with E-state index in [1.807, 2.05) is 0 Å². The maximum absolute atomic E-state index is 2.42. The van der Waals surface area contributed by atoms with Crippen molar-refractivity contribution >= 4 is 60.4 Å². The number of hydrogen-bond acceptors (Lipinski definition) is 1. The van der Waals surface area contributed by atoms with E-state index in [0.717, 1.165) is 28.3 Å². The molecule has 0 bridgehead atoms. The Kier molecular flexibility index (Phi) is 9.20. The predicted octanol–water partition coefficient (Wildman–Crippen LogP) is 17.2. The average Bonchev–Trinajstić information content (AvgIpc) is 3.73. The summed E-state index contributed by atoms with van der Waals surface area (Å²) < 4.78 is 2.42. The quantitative estimate of drug-likeness (QED) is 0.148. The molecule has 0 saturated heterocycles. The molecule has 0 radical (unpaired) electrons. The lowest BCUT2D eigenvalue weighted by atomic mass is 9.96. The van der Waals surface area contributed by atoms with Gasteiger partial charge in [-0.25, -0.2) is 0 Å². The Morgan fingerprint density at radius 3 is 1.52 bits per heavy atom. The SMILES string of the molecule is c1ccc(-c2cccc(-c3ccc(N(c4ccc(-c5ccc6ccccc6c5)cc4)c4cccc(-c5cccc6c5c5c7ccccc7ccc5n6-c5ccccc5)c4)cc3)c2)cc1. The van der Waals surface area contributed by atoms with Crippen LogP contribution in [-0.4, -0.2) is 4.57 Å². The summed E-state index contributed by atoms with van der Waals surface area (Å²) in [7, 11) is 0. The second-order valence-corrected chi connectivity index (χ2v) is 16.5. The van der Waals surface area contributed by atoms with Gasteiger partial charge >= 0.3 is 0 Å². The molecule has 0 N–H and O–H groups in total. The third-order valence-corrected chi connectivity index (χ3v) is 12.7. The van der Waals surface area contributed by atoms with Crippen molar-refractivity contribution in [2.75, 3.05) is 4.90 Å². The van der Waals surface area contributed by atoms with Crippen LogP contribution in [0.15, 0.2) is 255 Å². The van der Waals surface area contributed by atoms with Crippen LogP contribution < -0.4 is 4.90 Å². The monoisotopic (exact) mass is 814 g/mol. The number of rotatable bonds is 8. The molecular weight excluding hydrogens is 773 g/mol. The highest BCUT2D eigenvalue weighted by atomic mass is 15.1. The molecule has 11 aromatic carbocycles. The molecule has 0 unspecified atom stereocenters.